The summed E-state index contributed by atoms with van der Waals surface area (Å²) in [6, 6.07) is 9.07. The number of nitrogens with zero attached hydrogens (tertiary/aromatic N) is 1. The third-order valence-electron chi connectivity index (χ3n) is 3.94. The van der Waals surface area contributed by atoms with Gasteiger partial charge in [0.15, 0.2) is 5.82 Å². The highest BCUT2D eigenvalue weighted by atomic mass is 32.2. The third kappa shape index (κ3) is 6.32. The maximum atomic E-state index is 12.0. The fraction of sp³-hybridized carbons (Fsp3) is 0.412. The van der Waals surface area contributed by atoms with Gasteiger partial charge in [0.25, 0.3) is 0 Å². The predicted molar refractivity (Wildman–Crippen MR) is 98.1 cm³/mol. The maximum Gasteiger partial charge on any atom is 0.242 e. The summed E-state index contributed by atoms with van der Waals surface area (Å²) in [5, 5.41) is 9.55. The molecule has 1 aromatic heterocycles. The van der Waals surface area contributed by atoms with Gasteiger partial charge in [-0.25, -0.2) is 8.42 Å². The zero-order valence-electron chi connectivity index (χ0n) is 14.5. The molecule has 1 amide bonds. The highest BCUT2D eigenvalue weighted by molar-refractivity contribution is 7.90. The Balaban J connectivity index is 1.86. The van der Waals surface area contributed by atoms with Crippen molar-refractivity contribution in [1.82, 2.24) is 10.2 Å². The predicted octanol–water partition coefficient (Wildman–Crippen LogP) is 1.20. The molecule has 0 radical (unpaired) electrons. The number of aromatic amines is 1. The number of amides is 1. The van der Waals surface area contributed by atoms with Gasteiger partial charge in [0, 0.05) is 18.0 Å². The number of benzene rings is 1. The number of anilines is 1. The summed E-state index contributed by atoms with van der Waals surface area (Å²) in [5.74, 6) is -0.177. The Kier molecular flexibility index (Phi) is 6.33. The number of rotatable bonds is 8. The van der Waals surface area contributed by atoms with E-state index in [1.165, 1.54) is 11.1 Å². The van der Waals surface area contributed by atoms with E-state index in [4.69, 9.17) is 5.73 Å². The van der Waals surface area contributed by atoms with Crippen LogP contribution in [-0.4, -0.2) is 42.6 Å². The van der Waals surface area contributed by atoms with Crippen molar-refractivity contribution in [3.63, 3.8) is 0 Å². The van der Waals surface area contributed by atoms with Crippen LogP contribution in [0.25, 0.3) is 0 Å². The van der Waals surface area contributed by atoms with Crippen LogP contribution in [0.3, 0.4) is 0 Å². The molecular formula is C17H24N4O3S. The second-order valence-corrected chi connectivity index (χ2v) is 8.48. The Bertz CT molecular complexity index is 830. The molecule has 8 heteroatoms. The summed E-state index contributed by atoms with van der Waals surface area (Å²) >= 11 is 0. The average molecular weight is 364 g/mol. The molecule has 7 nitrogen and oxygen atoms in total. The van der Waals surface area contributed by atoms with Gasteiger partial charge in [0.05, 0.1) is 11.8 Å². The maximum absolute atomic E-state index is 12.0. The van der Waals surface area contributed by atoms with E-state index in [-0.39, 0.29) is 12.2 Å². The van der Waals surface area contributed by atoms with Crippen molar-refractivity contribution < 1.29 is 13.2 Å². The van der Waals surface area contributed by atoms with E-state index < -0.39 is 21.8 Å². The Hall–Kier alpha value is -2.19. The van der Waals surface area contributed by atoms with Gasteiger partial charge in [0.2, 0.25) is 5.91 Å². The number of nitrogens with one attached hydrogen (secondary N) is 2. The van der Waals surface area contributed by atoms with Crippen molar-refractivity contribution in [2.24, 2.45) is 5.73 Å². The molecule has 1 heterocycles. The number of hydrogen-bond donors (Lipinski definition) is 3. The number of nitrogens with two attached hydrogens (primary N) is 1. The summed E-state index contributed by atoms with van der Waals surface area (Å²) < 4.78 is 22.3. The van der Waals surface area contributed by atoms with Crippen molar-refractivity contribution in [2.75, 3.05) is 17.3 Å². The monoisotopic (exact) mass is 364 g/mol. The van der Waals surface area contributed by atoms with E-state index in [2.05, 4.69) is 34.6 Å². The summed E-state index contributed by atoms with van der Waals surface area (Å²) in [7, 11) is -3.14. The molecule has 0 saturated carbocycles. The van der Waals surface area contributed by atoms with Crippen LogP contribution in [0.4, 0.5) is 5.82 Å². The molecular weight excluding hydrogens is 340 g/mol. The molecule has 0 aliphatic rings. The third-order valence-corrected chi connectivity index (χ3v) is 4.92. The molecule has 1 aromatic carbocycles. The van der Waals surface area contributed by atoms with Crippen LogP contribution >= 0.6 is 0 Å². The smallest absolute Gasteiger partial charge is 0.242 e. The Morgan fingerprint density at radius 2 is 2.04 bits per heavy atom. The minimum Gasteiger partial charge on any atom is -0.320 e. The number of carbonyl (C=O) groups is 1. The van der Waals surface area contributed by atoms with Gasteiger partial charge < -0.3 is 11.1 Å². The van der Waals surface area contributed by atoms with Crippen LogP contribution < -0.4 is 11.1 Å². The number of H-pyrrole nitrogens is 1. The number of hydrogen-bond acceptors (Lipinski definition) is 5. The minimum absolute atomic E-state index is 0.0786. The van der Waals surface area contributed by atoms with Crippen LogP contribution in [0.2, 0.25) is 0 Å². The van der Waals surface area contributed by atoms with Crippen LogP contribution in [0.15, 0.2) is 30.3 Å². The van der Waals surface area contributed by atoms with E-state index in [1.807, 2.05) is 12.1 Å². The van der Waals surface area contributed by atoms with Gasteiger partial charge in [-0.3, -0.25) is 9.89 Å². The first-order valence-corrected chi connectivity index (χ1v) is 10.1. The standard InChI is InChI=1S/C17H24N4O3S/c1-12-5-3-4-6-13(12)7-8-14-11-16(21-20-14)19-17(22)15(18)9-10-25(2,23)24/h3-6,11,15H,7-10,18H2,1-2H3,(H2,19,20,21,22). The van der Waals surface area contributed by atoms with Crippen LogP contribution in [0.1, 0.15) is 23.2 Å². The summed E-state index contributed by atoms with van der Waals surface area (Å²) in [4.78, 5) is 12.0. The molecule has 0 fully saturated rings. The Labute approximate surface area is 147 Å². The quantitative estimate of drug-likeness (QED) is 0.650. The zero-order chi connectivity index (χ0) is 18.4. The van der Waals surface area contributed by atoms with Crippen molar-refractivity contribution in [1.29, 1.82) is 0 Å². The summed E-state index contributed by atoms with van der Waals surface area (Å²) in [6.45, 7) is 2.08. The molecule has 2 rings (SSSR count). The molecule has 136 valence electrons. The first-order valence-electron chi connectivity index (χ1n) is 8.07. The van der Waals surface area contributed by atoms with Crippen LogP contribution in [-0.2, 0) is 27.5 Å². The molecule has 0 aliphatic carbocycles. The minimum atomic E-state index is -3.14. The lowest BCUT2D eigenvalue weighted by Crippen LogP contribution is -2.37. The first-order chi connectivity index (χ1) is 11.7. The number of aryl methyl sites for hydroxylation is 3. The fourth-order valence-corrected chi connectivity index (χ4v) is 3.09. The second-order valence-electron chi connectivity index (χ2n) is 6.22. The van der Waals surface area contributed by atoms with Crippen molar-refractivity contribution in [3.05, 3.63) is 47.2 Å². The SMILES string of the molecule is Cc1ccccc1CCc1cc(NC(=O)C(N)CCS(C)(=O)=O)n[nH]1. The highest BCUT2D eigenvalue weighted by Gasteiger charge is 2.17. The van der Waals surface area contributed by atoms with Gasteiger partial charge in [0.1, 0.15) is 9.84 Å². The van der Waals surface area contributed by atoms with Crippen LogP contribution in [0, 0.1) is 6.92 Å². The first kappa shape index (κ1) is 19.1. The van der Waals surface area contributed by atoms with Gasteiger partial charge in [-0.15, -0.1) is 0 Å². The van der Waals surface area contributed by atoms with E-state index in [9.17, 15) is 13.2 Å². The normalized spacial score (nSPS) is 12.8. The summed E-state index contributed by atoms with van der Waals surface area (Å²) in [5.41, 5.74) is 9.13. The van der Waals surface area contributed by atoms with Crippen LogP contribution in [0.5, 0.6) is 0 Å². The summed E-state index contributed by atoms with van der Waals surface area (Å²) in [6.07, 6.45) is 2.84. The fourth-order valence-electron chi connectivity index (χ4n) is 2.40. The molecule has 1 unspecified atom stereocenters. The number of sulfone groups is 1. The molecule has 0 saturated heterocycles. The van der Waals surface area contributed by atoms with E-state index in [0.717, 1.165) is 24.8 Å². The van der Waals surface area contributed by atoms with Gasteiger partial charge in [-0.1, -0.05) is 24.3 Å². The van der Waals surface area contributed by atoms with Gasteiger partial charge >= 0.3 is 0 Å². The average Bonchev–Trinajstić information content (AvgIpc) is 2.98. The number of carbonyl (C=O) groups excluding carboxylic acids is 1. The largest absolute Gasteiger partial charge is 0.320 e. The highest BCUT2D eigenvalue weighted by Crippen LogP contribution is 2.13. The van der Waals surface area contributed by atoms with Crippen molar-refractivity contribution in [3.8, 4) is 0 Å². The van der Waals surface area contributed by atoms with E-state index in [1.54, 1.807) is 6.07 Å². The lowest BCUT2D eigenvalue weighted by atomic mass is 10.0. The van der Waals surface area contributed by atoms with Crippen molar-refractivity contribution >= 4 is 21.6 Å². The molecule has 25 heavy (non-hydrogen) atoms. The topological polar surface area (TPSA) is 118 Å². The Morgan fingerprint density at radius 3 is 2.72 bits per heavy atom. The van der Waals surface area contributed by atoms with Gasteiger partial charge in [-0.05, 0) is 37.3 Å². The lowest BCUT2D eigenvalue weighted by Gasteiger charge is -2.09. The Morgan fingerprint density at radius 1 is 1.32 bits per heavy atom. The second kappa shape index (κ2) is 8.26. The molecule has 2 aromatic rings. The van der Waals surface area contributed by atoms with Gasteiger partial charge in [-0.2, -0.15) is 5.10 Å². The molecule has 0 aliphatic heterocycles. The molecule has 0 spiro atoms. The van der Waals surface area contributed by atoms with Crippen molar-refractivity contribution in [2.45, 2.75) is 32.2 Å². The van der Waals surface area contributed by atoms with E-state index >= 15 is 0 Å². The zero-order valence-corrected chi connectivity index (χ0v) is 15.3. The van der Waals surface area contributed by atoms with E-state index in [0.29, 0.717) is 5.82 Å². The molecule has 0 bridgehead atoms. The molecule has 4 N–H and O–H groups in total. The number of aromatic nitrogens is 2. The molecule has 1 atom stereocenters. The lowest BCUT2D eigenvalue weighted by molar-refractivity contribution is -0.117.